The fourth-order valence-electron chi connectivity index (χ4n) is 1.88. The van der Waals surface area contributed by atoms with Gasteiger partial charge in [0.05, 0.1) is 13.2 Å². The first-order chi connectivity index (χ1) is 6.36. The van der Waals surface area contributed by atoms with E-state index in [2.05, 4.69) is 5.32 Å². The van der Waals surface area contributed by atoms with Crippen LogP contribution in [0.5, 0.6) is 0 Å². The van der Waals surface area contributed by atoms with Crippen LogP contribution in [0.15, 0.2) is 0 Å². The molecule has 0 spiro atoms. The maximum absolute atomic E-state index is 11.4. The fraction of sp³-hybridized carbons (Fsp3) is 0.889. The molecule has 2 rings (SSSR count). The average molecular weight is 221 g/mol. The quantitative estimate of drug-likeness (QED) is 0.706. The van der Waals surface area contributed by atoms with Crippen molar-refractivity contribution >= 4 is 18.3 Å². The molecule has 0 saturated carbocycles. The van der Waals surface area contributed by atoms with E-state index in [1.807, 2.05) is 4.90 Å². The highest BCUT2D eigenvalue weighted by atomic mass is 35.5. The van der Waals surface area contributed by atoms with Crippen LogP contribution in [-0.4, -0.2) is 50.2 Å². The van der Waals surface area contributed by atoms with Crippen LogP contribution in [0.3, 0.4) is 0 Å². The third kappa shape index (κ3) is 2.83. The number of ether oxygens (including phenoxy) is 1. The van der Waals surface area contributed by atoms with Crippen molar-refractivity contribution in [3.05, 3.63) is 0 Å². The van der Waals surface area contributed by atoms with Crippen molar-refractivity contribution in [2.75, 3.05) is 39.4 Å². The third-order valence-corrected chi connectivity index (χ3v) is 2.69. The predicted octanol–water partition coefficient (Wildman–Crippen LogP) is -0.124. The summed E-state index contributed by atoms with van der Waals surface area (Å²) in [6.45, 7) is 4.88. The van der Waals surface area contributed by atoms with Gasteiger partial charge in [-0.3, -0.25) is 4.79 Å². The Balaban J connectivity index is 0.000000980. The van der Waals surface area contributed by atoms with Crippen LogP contribution in [-0.2, 0) is 9.53 Å². The normalized spacial score (nSPS) is 27.6. The molecule has 4 nitrogen and oxygen atoms in total. The van der Waals surface area contributed by atoms with Crippen molar-refractivity contribution in [1.29, 1.82) is 0 Å². The Labute approximate surface area is 90.4 Å². The minimum atomic E-state index is 0. The number of amides is 1. The van der Waals surface area contributed by atoms with Crippen molar-refractivity contribution in [2.45, 2.75) is 6.42 Å². The number of nitrogens with zero attached hydrogens (tertiary/aromatic N) is 1. The van der Waals surface area contributed by atoms with Crippen molar-refractivity contribution in [3.8, 4) is 0 Å². The van der Waals surface area contributed by atoms with Gasteiger partial charge < -0.3 is 15.0 Å². The molecule has 5 heteroatoms. The van der Waals surface area contributed by atoms with Gasteiger partial charge in [0.2, 0.25) is 5.91 Å². The largest absolute Gasteiger partial charge is 0.381 e. The molecule has 2 heterocycles. The zero-order valence-electron chi connectivity index (χ0n) is 8.20. The van der Waals surface area contributed by atoms with Gasteiger partial charge in [0.15, 0.2) is 0 Å². The van der Waals surface area contributed by atoms with E-state index in [9.17, 15) is 4.79 Å². The standard InChI is InChI=1S/C9H16N2O2.ClH/c12-9-5-10-2-3-11(9)6-8-1-4-13-7-8;/h8,10H,1-7H2;1H. The van der Waals surface area contributed by atoms with Gasteiger partial charge in [0.1, 0.15) is 0 Å². The van der Waals surface area contributed by atoms with E-state index in [4.69, 9.17) is 4.74 Å². The molecule has 0 radical (unpaired) electrons. The molecule has 2 aliphatic rings. The summed E-state index contributed by atoms with van der Waals surface area (Å²) in [6.07, 6.45) is 1.11. The van der Waals surface area contributed by atoms with Crippen molar-refractivity contribution in [1.82, 2.24) is 10.2 Å². The zero-order chi connectivity index (χ0) is 9.10. The van der Waals surface area contributed by atoms with Crippen molar-refractivity contribution < 1.29 is 9.53 Å². The molecule has 1 atom stereocenters. The number of hydrogen-bond acceptors (Lipinski definition) is 3. The minimum absolute atomic E-state index is 0. The van der Waals surface area contributed by atoms with E-state index >= 15 is 0 Å². The molecule has 0 bridgehead atoms. The summed E-state index contributed by atoms with van der Waals surface area (Å²) in [4.78, 5) is 13.4. The molecule has 0 aromatic rings. The molecular weight excluding hydrogens is 204 g/mol. The Morgan fingerprint density at radius 2 is 2.43 bits per heavy atom. The Kier molecular flexibility index (Phi) is 4.65. The van der Waals surface area contributed by atoms with Crippen LogP contribution in [0.4, 0.5) is 0 Å². The smallest absolute Gasteiger partial charge is 0.236 e. The lowest BCUT2D eigenvalue weighted by molar-refractivity contribution is -0.132. The summed E-state index contributed by atoms with van der Waals surface area (Å²) in [5, 5.41) is 3.07. The molecule has 1 N–H and O–H groups in total. The topological polar surface area (TPSA) is 41.6 Å². The SMILES string of the molecule is Cl.O=C1CNCCN1CC1CCOC1. The first kappa shape index (κ1) is 11.8. The fourth-order valence-corrected chi connectivity index (χ4v) is 1.88. The maximum Gasteiger partial charge on any atom is 0.236 e. The number of rotatable bonds is 2. The van der Waals surface area contributed by atoms with Crippen LogP contribution in [0.2, 0.25) is 0 Å². The summed E-state index contributed by atoms with van der Waals surface area (Å²) in [5.74, 6) is 0.806. The summed E-state index contributed by atoms with van der Waals surface area (Å²) in [7, 11) is 0. The van der Waals surface area contributed by atoms with Gasteiger partial charge in [-0.25, -0.2) is 0 Å². The van der Waals surface area contributed by atoms with Gasteiger partial charge >= 0.3 is 0 Å². The number of piperazine rings is 1. The molecule has 2 saturated heterocycles. The lowest BCUT2D eigenvalue weighted by Crippen LogP contribution is -2.49. The summed E-state index contributed by atoms with van der Waals surface area (Å²) in [5.41, 5.74) is 0. The van der Waals surface area contributed by atoms with Crippen LogP contribution < -0.4 is 5.32 Å². The average Bonchev–Trinajstić information content (AvgIpc) is 2.61. The summed E-state index contributed by atoms with van der Waals surface area (Å²) in [6, 6.07) is 0. The molecule has 14 heavy (non-hydrogen) atoms. The molecule has 2 aliphatic heterocycles. The number of carbonyl (C=O) groups is 1. The number of carbonyl (C=O) groups excluding carboxylic acids is 1. The molecule has 2 fully saturated rings. The van der Waals surface area contributed by atoms with Gasteiger partial charge in [-0.15, -0.1) is 12.4 Å². The van der Waals surface area contributed by atoms with Crippen molar-refractivity contribution in [3.63, 3.8) is 0 Å². The maximum atomic E-state index is 11.4. The monoisotopic (exact) mass is 220 g/mol. The number of hydrogen-bond donors (Lipinski definition) is 1. The number of halogens is 1. The Morgan fingerprint density at radius 3 is 3.07 bits per heavy atom. The molecule has 1 amide bonds. The molecule has 0 aromatic heterocycles. The third-order valence-electron chi connectivity index (χ3n) is 2.69. The van der Waals surface area contributed by atoms with Crippen molar-refractivity contribution in [2.24, 2.45) is 5.92 Å². The van der Waals surface area contributed by atoms with E-state index in [0.717, 1.165) is 39.3 Å². The van der Waals surface area contributed by atoms with Gasteiger partial charge in [0, 0.05) is 32.2 Å². The first-order valence-corrected chi connectivity index (χ1v) is 4.92. The Hall–Kier alpha value is -0.320. The summed E-state index contributed by atoms with van der Waals surface area (Å²) < 4.78 is 5.28. The molecular formula is C9H17ClN2O2. The van der Waals surface area contributed by atoms with Gasteiger partial charge in [-0.1, -0.05) is 0 Å². The Morgan fingerprint density at radius 1 is 1.57 bits per heavy atom. The van der Waals surface area contributed by atoms with Gasteiger partial charge in [-0.05, 0) is 6.42 Å². The molecule has 1 unspecified atom stereocenters. The van der Waals surface area contributed by atoms with E-state index < -0.39 is 0 Å². The minimum Gasteiger partial charge on any atom is -0.381 e. The second kappa shape index (κ2) is 5.53. The highest BCUT2D eigenvalue weighted by molar-refractivity contribution is 5.85. The second-order valence-electron chi connectivity index (χ2n) is 3.75. The van der Waals surface area contributed by atoms with Crippen LogP contribution in [0.1, 0.15) is 6.42 Å². The van der Waals surface area contributed by atoms with Crippen LogP contribution in [0.25, 0.3) is 0 Å². The van der Waals surface area contributed by atoms with E-state index in [1.54, 1.807) is 0 Å². The lowest BCUT2D eigenvalue weighted by Gasteiger charge is -2.29. The first-order valence-electron chi connectivity index (χ1n) is 4.92. The van der Waals surface area contributed by atoms with Crippen LogP contribution >= 0.6 is 12.4 Å². The van der Waals surface area contributed by atoms with Gasteiger partial charge in [0.25, 0.3) is 0 Å². The predicted molar refractivity (Wildman–Crippen MR) is 55.6 cm³/mol. The van der Waals surface area contributed by atoms with E-state index in [-0.39, 0.29) is 18.3 Å². The Bertz CT molecular complexity index is 195. The molecule has 82 valence electrons. The zero-order valence-corrected chi connectivity index (χ0v) is 9.02. The van der Waals surface area contributed by atoms with Crippen LogP contribution in [0, 0.1) is 5.92 Å². The van der Waals surface area contributed by atoms with E-state index in [0.29, 0.717) is 12.5 Å². The summed E-state index contributed by atoms with van der Waals surface area (Å²) >= 11 is 0. The van der Waals surface area contributed by atoms with E-state index in [1.165, 1.54) is 0 Å². The lowest BCUT2D eigenvalue weighted by atomic mass is 10.1. The van der Waals surface area contributed by atoms with Gasteiger partial charge in [-0.2, -0.15) is 0 Å². The number of nitrogens with one attached hydrogen (secondary N) is 1. The highest BCUT2D eigenvalue weighted by Crippen LogP contribution is 2.14. The molecule has 0 aliphatic carbocycles. The molecule has 0 aromatic carbocycles. The highest BCUT2D eigenvalue weighted by Gasteiger charge is 2.23. The second-order valence-corrected chi connectivity index (χ2v) is 3.75.